The van der Waals surface area contributed by atoms with Crippen molar-refractivity contribution in [3.8, 4) is 0 Å². The zero-order valence-corrected chi connectivity index (χ0v) is 8.94. The average molecular weight is 206 g/mol. The summed E-state index contributed by atoms with van der Waals surface area (Å²) < 4.78 is 5.51. The first kappa shape index (κ1) is 11.3. The summed E-state index contributed by atoms with van der Waals surface area (Å²) in [6.45, 7) is 4.48. The van der Waals surface area contributed by atoms with Crippen molar-refractivity contribution in [1.82, 2.24) is 5.32 Å². The van der Waals surface area contributed by atoms with Gasteiger partial charge in [-0.25, -0.2) is 0 Å². The van der Waals surface area contributed by atoms with Crippen LogP contribution in [0.15, 0.2) is 0 Å². The Hall–Kier alpha value is 0.210. The minimum atomic E-state index is 0. The molecule has 0 aromatic rings. The first-order chi connectivity index (χ1) is 5.97. The Bertz CT molecular complexity index is 115. The first-order valence-corrected chi connectivity index (χ1v) is 5.25. The smallest absolute Gasteiger partial charge is 0.0496 e. The van der Waals surface area contributed by atoms with Crippen molar-refractivity contribution < 1.29 is 4.74 Å². The lowest BCUT2D eigenvalue weighted by Crippen LogP contribution is -2.34. The second-order valence-corrected chi connectivity index (χ2v) is 4.06. The molecule has 1 unspecified atom stereocenters. The van der Waals surface area contributed by atoms with E-state index >= 15 is 0 Å². The molecule has 0 aliphatic carbocycles. The van der Waals surface area contributed by atoms with E-state index in [2.05, 4.69) is 5.32 Å². The highest BCUT2D eigenvalue weighted by atomic mass is 35.5. The minimum absolute atomic E-state index is 0. The van der Waals surface area contributed by atoms with E-state index in [1.54, 1.807) is 0 Å². The summed E-state index contributed by atoms with van der Waals surface area (Å²) in [6.07, 6.45) is 5.43. The van der Waals surface area contributed by atoms with Crippen molar-refractivity contribution in [3.63, 3.8) is 0 Å². The van der Waals surface area contributed by atoms with Gasteiger partial charge in [0.25, 0.3) is 0 Å². The van der Waals surface area contributed by atoms with E-state index in [4.69, 9.17) is 4.74 Å². The van der Waals surface area contributed by atoms with Crippen LogP contribution < -0.4 is 5.32 Å². The summed E-state index contributed by atoms with van der Waals surface area (Å²) in [5, 5.41) is 3.41. The maximum absolute atomic E-state index is 5.51. The van der Waals surface area contributed by atoms with Crippen molar-refractivity contribution in [1.29, 1.82) is 0 Å². The molecule has 2 fully saturated rings. The lowest BCUT2D eigenvalue weighted by Gasteiger charge is -2.33. The van der Waals surface area contributed by atoms with Gasteiger partial charge in [-0.05, 0) is 50.6 Å². The van der Waals surface area contributed by atoms with Crippen molar-refractivity contribution in [2.24, 2.45) is 11.8 Å². The van der Waals surface area contributed by atoms with Gasteiger partial charge >= 0.3 is 0 Å². The van der Waals surface area contributed by atoms with Crippen molar-refractivity contribution in [2.45, 2.75) is 25.7 Å². The number of piperidine rings is 1. The predicted molar refractivity (Wildman–Crippen MR) is 56.4 cm³/mol. The molecule has 0 amide bonds. The molecule has 0 bridgehead atoms. The molecule has 2 aliphatic rings. The molecule has 2 saturated heterocycles. The molecule has 0 aromatic heterocycles. The Labute approximate surface area is 86.8 Å². The van der Waals surface area contributed by atoms with Crippen LogP contribution in [0.4, 0.5) is 0 Å². The second kappa shape index (κ2) is 5.84. The maximum atomic E-state index is 5.51. The highest BCUT2D eigenvalue weighted by molar-refractivity contribution is 5.85. The van der Waals surface area contributed by atoms with Gasteiger partial charge in [0.1, 0.15) is 0 Å². The number of hydrogen-bond donors (Lipinski definition) is 1. The molecule has 0 saturated carbocycles. The van der Waals surface area contributed by atoms with Crippen LogP contribution in [0.1, 0.15) is 25.7 Å². The van der Waals surface area contributed by atoms with Gasteiger partial charge in [-0.3, -0.25) is 0 Å². The maximum Gasteiger partial charge on any atom is 0.0496 e. The molecular weight excluding hydrogens is 186 g/mol. The zero-order chi connectivity index (χ0) is 8.23. The van der Waals surface area contributed by atoms with Crippen LogP contribution in [0.25, 0.3) is 0 Å². The summed E-state index contributed by atoms with van der Waals surface area (Å²) >= 11 is 0. The summed E-state index contributed by atoms with van der Waals surface area (Å²) in [6, 6.07) is 0. The number of halogens is 1. The molecule has 78 valence electrons. The number of hydrogen-bond acceptors (Lipinski definition) is 2. The van der Waals surface area contributed by atoms with Crippen LogP contribution in [0.3, 0.4) is 0 Å². The van der Waals surface area contributed by atoms with Gasteiger partial charge in [0, 0.05) is 13.2 Å². The molecule has 2 nitrogen and oxygen atoms in total. The Kier molecular flexibility index (Phi) is 5.07. The lowest BCUT2D eigenvalue weighted by atomic mass is 9.82. The van der Waals surface area contributed by atoms with Gasteiger partial charge < -0.3 is 10.1 Å². The Morgan fingerprint density at radius 2 is 1.77 bits per heavy atom. The average Bonchev–Trinajstić information content (AvgIpc) is 2.21. The first-order valence-electron chi connectivity index (χ1n) is 5.25. The molecule has 0 aromatic carbocycles. The van der Waals surface area contributed by atoms with Crippen molar-refractivity contribution in [3.05, 3.63) is 0 Å². The van der Waals surface area contributed by atoms with E-state index in [1.807, 2.05) is 0 Å². The number of nitrogens with one attached hydrogen (secondary N) is 1. The highest BCUT2D eigenvalue weighted by Crippen LogP contribution is 2.28. The molecule has 0 radical (unpaired) electrons. The van der Waals surface area contributed by atoms with E-state index in [9.17, 15) is 0 Å². The molecule has 2 heterocycles. The van der Waals surface area contributed by atoms with Crippen LogP contribution in [0, 0.1) is 11.8 Å². The monoisotopic (exact) mass is 205 g/mol. The largest absolute Gasteiger partial charge is 0.381 e. The summed E-state index contributed by atoms with van der Waals surface area (Å²) in [4.78, 5) is 0. The summed E-state index contributed by atoms with van der Waals surface area (Å²) in [5.74, 6) is 1.83. The third kappa shape index (κ3) is 3.12. The second-order valence-electron chi connectivity index (χ2n) is 4.06. The van der Waals surface area contributed by atoms with Gasteiger partial charge in [0.2, 0.25) is 0 Å². The quantitative estimate of drug-likeness (QED) is 0.706. The Balaban J connectivity index is 0.000000845. The molecule has 2 rings (SSSR count). The summed E-state index contributed by atoms with van der Waals surface area (Å²) in [7, 11) is 0. The van der Waals surface area contributed by atoms with Gasteiger partial charge in [-0.15, -0.1) is 12.4 Å². The van der Waals surface area contributed by atoms with Crippen LogP contribution in [0.5, 0.6) is 0 Å². The van der Waals surface area contributed by atoms with Gasteiger partial charge in [-0.2, -0.15) is 0 Å². The third-order valence-electron chi connectivity index (χ3n) is 3.25. The fourth-order valence-corrected chi connectivity index (χ4v) is 2.45. The molecule has 1 atom stereocenters. The van der Waals surface area contributed by atoms with Gasteiger partial charge in [0.15, 0.2) is 0 Å². The van der Waals surface area contributed by atoms with Crippen LogP contribution in [0.2, 0.25) is 0 Å². The zero-order valence-electron chi connectivity index (χ0n) is 8.13. The third-order valence-corrected chi connectivity index (χ3v) is 3.25. The molecule has 13 heavy (non-hydrogen) atoms. The fourth-order valence-electron chi connectivity index (χ4n) is 2.45. The van der Waals surface area contributed by atoms with E-state index in [0.29, 0.717) is 0 Å². The number of rotatable bonds is 1. The lowest BCUT2D eigenvalue weighted by molar-refractivity contribution is 0.0239. The Morgan fingerprint density at radius 3 is 2.38 bits per heavy atom. The van der Waals surface area contributed by atoms with E-state index < -0.39 is 0 Å². The number of ether oxygens (including phenoxy) is 1. The van der Waals surface area contributed by atoms with Crippen LogP contribution in [-0.2, 0) is 4.74 Å². The molecule has 3 heteroatoms. The SMILES string of the molecule is C1COCC(C2CCNCC2)C1.Cl. The van der Waals surface area contributed by atoms with Crippen molar-refractivity contribution >= 4 is 12.4 Å². The predicted octanol–water partition coefficient (Wildman–Crippen LogP) is 1.83. The van der Waals surface area contributed by atoms with E-state index in [-0.39, 0.29) is 12.4 Å². The molecule has 2 aliphatic heterocycles. The molecule has 0 spiro atoms. The normalized spacial score (nSPS) is 30.9. The molecular formula is C10H20ClNO. The Morgan fingerprint density at radius 1 is 1.00 bits per heavy atom. The molecule has 1 N–H and O–H groups in total. The van der Waals surface area contributed by atoms with Crippen LogP contribution >= 0.6 is 12.4 Å². The van der Waals surface area contributed by atoms with E-state index in [0.717, 1.165) is 25.0 Å². The highest BCUT2D eigenvalue weighted by Gasteiger charge is 2.25. The van der Waals surface area contributed by atoms with Gasteiger partial charge in [-0.1, -0.05) is 0 Å². The fraction of sp³-hybridized carbons (Fsp3) is 1.00. The standard InChI is InChI=1S/C10H19NO.ClH/c1-2-10(8-12-7-1)9-3-5-11-6-4-9;/h9-11H,1-8H2;1H. The minimum Gasteiger partial charge on any atom is -0.381 e. The summed E-state index contributed by atoms with van der Waals surface area (Å²) in [5.41, 5.74) is 0. The van der Waals surface area contributed by atoms with Crippen molar-refractivity contribution in [2.75, 3.05) is 26.3 Å². The van der Waals surface area contributed by atoms with Gasteiger partial charge in [0.05, 0.1) is 0 Å². The van der Waals surface area contributed by atoms with E-state index in [1.165, 1.54) is 38.8 Å². The van der Waals surface area contributed by atoms with Crippen LogP contribution in [-0.4, -0.2) is 26.3 Å². The topological polar surface area (TPSA) is 21.3 Å².